The zero-order chi connectivity index (χ0) is 39.0. The minimum Gasteiger partial charge on any atom is -0.385 e. The minimum atomic E-state index is -1.07. The van der Waals surface area contributed by atoms with Gasteiger partial charge in [-0.3, -0.25) is 43.7 Å². The molecule has 1 saturated heterocycles. The number of anilines is 1. The number of aliphatic hydroxyl groups is 1. The molecule has 15 nitrogen and oxygen atoms in total. The van der Waals surface area contributed by atoms with Gasteiger partial charge in [0.15, 0.2) is 12.1 Å². The fourth-order valence-electron chi connectivity index (χ4n) is 7.07. The lowest BCUT2D eigenvalue weighted by molar-refractivity contribution is -0.136. The van der Waals surface area contributed by atoms with Crippen molar-refractivity contribution in [1.82, 2.24) is 30.3 Å². The van der Waals surface area contributed by atoms with Crippen molar-refractivity contribution in [2.24, 2.45) is 4.99 Å². The lowest BCUT2D eigenvalue weighted by Crippen LogP contribution is -2.54. The van der Waals surface area contributed by atoms with E-state index in [1.54, 1.807) is 30.3 Å². The molecule has 0 spiro atoms. The Kier molecular flexibility index (Phi) is 10.9. The second-order valence-corrected chi connectivity index (χ2v) is 15.0. The highest BCUT2D eigenvalue weighted by Gasteiger charge is 2.44. The molecule has 55 heavy (non-hydrogen) atoms. The number of piperidine rings is 1. The van der Waals surface area contributed by atoms with Gasteiger partial charge < -0.3 is 20.5 Å². The van der Waals surface area contributed by atoms with Gasteiger partial charge in [-0.2, -0.15) is 0 Å². The van der Waals surface area contributed by atoms with E-state index in [9.17, 15) is 29.1 Å². The van der Waals surface area contributed by atoms with Crippen molar-refractivity contribution >= 4 is 63.9 Å². The van der Waals surface area contributed by atoms with Crippen LogP contribution in [0.2, 0.25) is 5.02 Å². The highest BCUT2D eigenvalue weighted by molar-refractivity contribution is 7.17. The summed E-state index contributed by atoms with van der Waals surface area (Å²) in [5, 5.41) is 29.1. The van der Waals surface area contributed by atoms with Crippen LogP contribution in [0.4, 0.5) is 5.69 Å². The first kappa shape index (κ1) is 38.0. The van der Waals surface area contributed by atoms with E-state index < -0.39 is 42.0 Å². The van der Waals surface area contributed by atoms with Crippen molar-refractivity contribution in [2.75, 3.05) is 25.5 Å². The number of ether oxygens (including phenoxy) is 1. The molecule has 3 atom stereocenters. The number of nitrogens with one attached hydrogen (secondary N) is 3. The third-order valence-electron chi connectivity index (χ3n) is 9.93. The molecule has 1 fully saturated rings. The molecule has 4 N–H and O–H groups in total. The zero-order valence-corrected chi connectivity index (χ0v) is 31.9. The highest BCUT2D eigenvalue weighted by atomic mass is 35.5. The van der Waals surface area contributed by atoms with Crippen LogP contribution in [-0.4, -0.2) is 92.5 Å². The van der Waals surface area contributed by atoms with Gasteiger partial charge in [-0.05, 0) is 75.4 Å². The van der Waals surface area contributed by atoms with E-state index in [0.29, 0.717) is 46.0 Å². The molecular weight excluding hydrogens is 748 g/mol. The average molecular weight is 787 g/mol. The Bertz CT molecular complexity index is 2230. The van der Waals surface area contributed by atoms with Crippen molar-refractivity contribution in [3.8, 4) is 5.00 Å². The van der Waals surface area contributed by atoms with Crippen LogP contribution in [0.25, 0.3) is 5.00 Å². The Morgan fingerprint density at radius 3 is 2.53 bits per heavy atom. The summed E-state index contributed by atoms with van der Waals surface area (Å²) in [6.07, 6.45) is 1.56. The predicted molar refractivity (Wildman–Crippen MR) is 204 cm³/mol. The van der Waals surface area contributed by atoms with Gasteiger partial charge in [0.2, 0.25) is 11.8 Å². The largest absolute Gasteiger partial charge is 0.385 e. The molecule has 2 unspecified atom stereocenters. The number of halogens is 1. The summed E-state index contributed by atoms with van der Waals surface area (Å²) in [7, 11) is 1.43. The third kappa shape index (κ3) is 7.42. The molecule has 17 heteroatoms. The van der Waals surface area contributed by atoms with Crippen LogP contribution < -0.4 is 16.0 Å². The van der Waals surface area contributed by atoms with Crippen LogP contribution in [0.1, 0.15) is 103 Å². The van der Waals surface area contributed by atoms with Crippen molar-refractivity contribution in [3.05, 3.63) is 91.8 Å². The van der Waals surface area contributed by atoms with E-state index >= 15 is 0 Å². The number of aryl methyl sites for hydroxylation is 1. The highest BCUT2D eigenvalue weighted by Crippen LogP contribution is 2.40. The van der Waals surface area contributed by atoms with Crippen LogP contribution in [0.5, 0.6) is 0 Å². The SMILES string of the molecule is COC(O)C[C@@H]1N=C(c2ccc(Cl)cc2)c2c(sc(C(=O)NCCCCCNc3ccc4c(c3)C(=O)N(C3CCC(=O)NC3=O)C4=O)c2C)-n2c(C)nnc21. The number of nitrogens with zero attached hydrogens (tertiary/aromatic N) is 5. The van der Waals surface area contributed by atoms with E-state index in [1.807, 2.05) is 30.5 Å². The first-order chi connectivity index (χ1) is 26.5. The molecule has 2 aromatic heterocycles. The Labute approximate surface area is 325 Å². The number of imide groups is 2. The van der Waals surface area contributed by atoms with Crippen LogP contribution in [-0.2, 0) is 14.3 Å². The summed E-state index contributed by atoms with van der Waals surface area (Å²) in [4.78, 5) is 70.3. The molecule has 3 aliphatic rings. The number of aliphatic hydroxyl groups excluding tert-OH is 1. The summed E-state index contributed by atoms with van der Waals surface area (Å²) in [6.45, 7) is 4.79. The fourth-order valence-corrected chi connectivity index (χ4v) is 8.48. The van der Waals surface area contributed by atoms with Gasteiger partial charge in [0.25, 0.3) is 17.7 Å². The number of aromatic nitrogens is 3. The van der Waals surface area contributed by atoms with Crippen molar-refractivity contribution in [2.45, 2.75) is 70.7 Å². The summed E-state index contributed by atoms with van der Waals surface area (Å²) in [5.41, 5.74) is 4.10. The number of amides is 5. The number of methoxy groups -OCH3 is 1. The van der Waals surface area contributed by atoms with Crippen molar-refractivity contribution in [1.29, 1.82) is 0 Å². The number of unbranched alkanes of at least 4 members (excludes halogenated alkanes) is 2. The standard InChI is InChI=1S/C38H39ClN8O7S/c1-19-30-31(21-7-9-22(39)10-8-21)42-26(18-29(49)54-3)33-45-44-20(2)46(33)38(30)55-32(19)35(51)41-16-6-4-5-15-40-23-11-12-24-25(17-23)37(53)47(36(24)52)27-13-14-28(48)43-34(27)50/h7-12,17,26-27,29,40,49H,4-6,13-16,18H2,1-3H3,(H,41,51)(H,43,48,50)/t26-,27?,29?/m0/s1. The van der Waals surface area contributed by atoms with Gasteiger partial charge in [0, 0.05) is 54.9 Å². The smallest absolute Gasteiger partial charge is 0.262 e. The summed E-state index contributed by atoms with van der Waals surface area (Å²) in [6, 6.07) is 10.7. The van der Waals surface area contributed by atoms with Gasteiger partial charge in [-0.1, -0.05) is 23.7 Å². The number of benzene rings is 2. The molecule has 3 aliphatic heterocycles. The van der Waals surface area contributed by atoms with Crippen LogP contribution in [0.3, 0.4) is 0 Å². The molecule has 5 amide bonds. The molecule has 0 radical (unpaired) electrons. The second-order valence-electron chi connectivity index (χ2n) is 13.6. The van der Waals surface area contributed by atoms with Gasteiger partial charge in [0.1, 0.15) is 22.9 Å². The first-order valence-corrected chi connectivity index (χ1v) is 19.1. The molecule has 4 aromatic rings. The fraction of sp³-hybridized carbons (Fsp3) is 0.368. The Balaban J connectivity index is 0.975. The second kappa shape index (κ2) is 15.8. The number of fused-ring (bicyclic) bond motifs is 4. The van der Waals surface area contributed by atoms with Crippen LogP contribution in [0.15, 0.2) is 47.5 Å². The molecule has 2 aromatic carbocycles. The molecule has 0 aliphatic carbocycles. The Hall–Kier alpha value is -5.29. The topological polar surface area (TPSA) is 197 Å². The molecule has 286 valence electrons. The maximum Gasteiger partial charge on any atom is 0.262 e. The normalized spacial score (nSPS) is 18.3. The van der Waals surface area contributed by atoms with Crippen molar-refractivity contribution < 1.29 is 33.8 Å². The summed E-state index contributed by atoms with van der Waals surface area (Å²) < 4.78 is 7.06. The van der Waals surface area contributed by atoms with Crippen LogP contribution >= 0.6 is 22.9 Å². The van der Waals surface area contributed by atoms with Gasteiger partial charge in [0.05, 0.1) is 21.7 Å². The monoisotopic (exact) mass is 786 g/mol. The molecular formula is C38H39ClN8O7S. The molecule has 0 bridgehead atoms. The van der Waals surface area contributed by atoms with E-state index in [4.69, 9.17) is 21.3 Å². The zero-order valence-electron chi connectivity index (χ0n) is 30.3. The molecule has 7 rings (SSSR count). The van der Waals surface area contributed by atoms with E-state index in [2.05, 4.69) is 26.1 Å². The van der Waals surface area contributed by atoms with Gasteiger partial charge in [-0.15, -0.1) is 21.5 Å². The van der Waals surface area contributed by atoms with Crippen molar-refractivity contribution in [3.63, 3.8) is 0 Å². The summed E-state index contributed by atoms with van der Waals surface area (Å²) in [5.74, 6) is -1.21. The average Bonchev–Trinajstić information content (AvgIpc) is 3.76. The maximum absolute atomic E-state index is 13.7. The maximum atomic E-state index is 13.7. The Morgan fingerprint density at radius 1 is 1.04 bits per heavy atom. The van der Waals surface area contributed by atoms with Crippen LogP contribution in [0, 0.1) is 13.8 Å². The first-order valence-electron chi connectivity index (χ1n) is 17.9. The number of hydrogen-bond donors (Lipinski definition) is 4. The van der Waals surface area contributed by atoms with Gasteiger partial charge in [-0.25, -0.2) is 0 Å². The third-order valence-corrected chi connectivity index (χ3v) is 11.5. The van der Waals surface area contributed by atoms with E-state index in [1.165, 1.54) is 18.4 Å². The molecule has 5 heterocycles. The number of carbonyl (C=O) groups is 5. The quantitative estimate of drug-likeness (QED) is 0.0864. The minimum absolute atomic E-state index is 0.0607. The molecule has 0 saturated carbocycles. The lowest BCUT2D eigenvalue weighted by Gasteiger charge is -2.27. The van der Waals surface area contributed by atoms with E-state index in [-0.39, 0.29) is 36.3 Å². The number of aliphatic imine (C=N–C) groups is 1. The predicted octanol–water partition coefficient (Wildman–Crippen LogP) is 4.26. The number of rotatable bonds is 13. The van der Waals surface area contributed by atoms with E-state index in [0.717, 1.165) is 45.9 Å². The van der Waals surface area contributed by atoms with Gasteiger partial charge >= 0.3 is 0 Å². The summed E-state index contributed by atoms with van der Waals surface area (Å²) >= 11 is 7.56. The Morgan fingerprint density at radius 2 is 1.78 bits per heavy atom. The lowest BCUT2D eigenvalue weighted by atomic mass is 9.99. The number of thiophene rings is 1. The number of hydrogen-bond acceptors (Lipinski definition) is 12. The number of carbonyl (C=O) groups excluding carboxylic acids is 5.